The molecule has 5 nitrogen and oxygen atoms in total. The second kappa shape index (κ2) is 7.19. The summed E-state index contributed by atoms with van der Waals surface area (Å²) >= 11 is 1.55. The van der Waals surface area contributed by atoms with Gasteiger partial charge in [0.15, 0.2) is 5.17 Å². The van der Waals surface area contributed by atoms with E-state index in [9.17, 15) is 9.59 Å². The number of thioether (sulfide) groups is 1. The number of esters is 1. The molecule has 0 aliphatic carbocycles. The van der Waals surface area contributed by atoms with E-state index >= 15 is 0 Å². The number of carbonyl (C=O) groups excluding carboxylic acids is 2. The molecule has 2 aromatic carbocycles. The van der Waals surface area contributed by atoms with Crippen molar-refractivity contribution in [2.24, 2.45) is 4.99 Å². The lowest BCUT2D eigenvalue weighted by atomic mass is 9.90. The maximum absolute atomic E-state index is 12.8. The number of hydrogen-bond donors (Lipinski definition) is 0. The highest BCUT2D eigenvalue weighted by Crippen LogP contribution is 2.42. The first-order valence-electron chi connectivity index (χ1n) is 9.01. The highest BCUT2D eigenvalue weighted by molar-refractivity contribution is 8.14. The number of aliphatic imine (C=N–C) groups is 1. The van der Waals surface area contributed by atoms with E-state index in [2.05, 4.69) is 4.99 Å². The largest absolute Gasteiger partial charge is 0.463 e. The van der Waals surface area contributed by atoms with Crippen LogP contribution in [-0.4, -0.2) is 34.3 Å². The van der Waals surface area contributed by atoms with E-state index in [0.29, 0.717) is 28.6 Å². The molecule has 0 aromatic heterocycles. The van der Waals surface area contributed by atoms with Crippen molar-refractivity contribution in [3.8, 4) is 0 Å². The summed E-state index contributed by atoms with van der Waals surface area (Å²) in [5, 5.41) is 2.75. The molecule has 2 aromatic rings. The number of fused-ring (bicyclic) bond motifs is 2. The van der Waals surface area contributed by atoms with Crippen LogP contribution in [0.25, 0.3) is 10.8 Å². The molecule has 1 fully saturated rings. The fourth-order valence-electron chi connectivity index (χ4n) is 3.65. The molecule has 0 bridgehead atoms. The molecule has 138 valence electrons. The molecule has 4 rings (SSSR count). The SMILES string of the molecule is CCOC(=O)C1=C(C)N=C2SCCC(=O)N2C1c1cccc2ccccc12. The molecule has 6 heteroatoms. The maximum atomic E-state index is 12.8. The van der Waals surface area contributed by atoms with Crippen LogP contribution >= 0.6 is 11.8 Å². The van der Waals surface area contributed by atoms with Gasteiger partial charge in [0.25, 0.3) is 0 Å². The Kier molecular flexibility index (Phi) is 4.74. The number of carbonyl (C=O) groups is 2. The van der Waals surface area contributed by atoms with E-state index < -0.39 is 12.0 Å². The molecule has 2 aliphatic heterocycles. The fourth-order valence-corrected chi connectivity index (χ4v) is 4.66. The van der Waals surface area contributed by atoms with E-state index in [-0.39, 0.29) is 12.5 Å². The molecule has 2 heterocycles. The Bertz CT molecular complexity index is 991. The molecule has 0 saturated carbocycles. The highest BCUT2D eigenvalue weighted by atomic mass is 32.2. The van der Waals surface area contributed by atoms with Crippen LogP contribution in [0.5, 0.6) is 0 Å². The minimum Gasteiger partial charge on any atom is -0.463 e. The summed E-state index contributed by atoms with van der Waals surface area (Å²) in [5.41, 5.74) is 1.96. The first-order valence-corrected chi connectivity index (χ1v) is 9.99. The zero-order valence-corrected chi connectivity index (χ0v) is 16.1. The van der Waals surface area contributed by atoms with Crippen LogP contribution in [-0.2, 0) is 14.3 Å². The third kappa shape index (κ3) is 3.04. The van der Waals surface area contributed by atoms with Gasteiger partial charge in [-0.1, -0.05) is 54.2 Å². The third-order valence-electron chi connectivity index (χ3n) is 4.82. The van der Waals surface area contributed by atoms with Gasteiger partial charge in [0.2, 0.25) is 5.91 Å². The normalized spacial score (nSPS) is 19.8. The summed E-state index contributed by atoms with van der Waals surface area (Å²) in [6.45, 7) is 3.87. The van der Waals surface area contributed by atoms with Gasteiger partial charge >= 0.3 is 5.97 Å². The Morgan fingerprint density at radius 3 is 2.85 bits per heavy atom. The van der Waals surface area contributed by atoms with Crippen LogP contribution in [0, 0.1) is 0 Å². The zero-order chi connectivity index (χ0) is 19.0. The van der Waals surface area contributed by atoms with Crippen molar-refractivity contribution >= 4 is 39.6 Å². The Hall–Kier alpha value is -2.60. The summed E-state index contributed by atoms with van der Waals surface area (Å²) in [5.74, 6) is 0.275. The molecule has 27 heavy (non-hydrogen) atoms. The van der Waals surface area contributed by atoms with Gasteiger partial charge in [0, 0.05) is 12.2 Å². The predicted octanol–water partition coefficient (Wildman–Crippen LogP) is 4.05. The molecule has 0 spiro atoms. The van der Waals surface area contributed by atoms with Gasteiger partial charge in [0.05, 0.1) is 23.9 Å². The monoisotopic (exact) mass is 380 g/mol. The molecule has 0 radical (unpaired) electrons. The van der Waals surface area contributed by atoms with Crippen molar-refractivity contribution in [3.05, 3.63) is 59.3 Å². The molecular formula is C21H20N2O3S. The van der Waals surface area contributed by atoms with Gasteiger partial charge < -0.3 is 4.74 Å². The number of amides is 1. The quantitative estimate of drug-likeness (QED) is 0.754. The summed E-state index contributed by atoms with van der Waals surface area (Å²) in [6.07, 6.45) is 0.431. The maximum Gasteiger partial charge on any atom is 0.338 e. The van der Waals surface area contributed by atoms with Gasteiger partial charge in [-0.25, -0.2) is 9.79 Å². The van der Waals surface area contributed by atoms with Crippen LogP contribution in [0.15, 0.2) is 58.7 Å². The number of nitrogens with zero attached hydrogens (tertiary/aromatic N) is 2. The standard InChI is InChI=1S/C21H20N2O3S/c1-3-26-20(25)18-13(2)22-21-23(17(24)11-12-27-21)19(18)16-10-6-8-14-7-4-5-9-15(14)16/h4-10,19H,3,11-12H2,1-2H3. The van der Waals surface area contributed by atoms with Crippen LogP contribution in [0.1, 0.15) is 31.9 Å². The lowest BCUT2D eigenvalue weighted by Crippen LogP contribution is -2.45. The van der Waals surface area contributed by atoms with Crippen LogP contribution in [0.4, 0.5) is 0 Å². The van der Waals surface area contributed by atoms with Gasteiger partial charge in [0.1, 0.15) is 0 Å². The Morgan fingerprint density at radius 1 is 1.26 bits per heavy atom. The summed E-state index contributed by atoms with van der Waals surface area (Å²) in [4.78, 5) is 31.9. The number of amidine groups is 1. The molecule has 1 unspecified atom stereocenters. The van der Waals surface area contributed by atoms with Gasteiger partial charge in [-0.15, -0.1) is 0 Å². The Labute approximate surface area is 162 Å². The topological polar surface area (TPSA) is 59.0 Å². The number of ether oxygens (including phenoxy) is 1. The lowest BCUT2D eigenvalue weighted by Gasteiger charge is -2.39. The average Bonchev–Trinajstić information content (AvgIpc) is 2.67. The van der Waals surface area contributed by atoms with E-state index in [1.807, 2.05) is 49.4 Å². The number of allylic oxidation sites excluding steroid dienone is 1. The van der Waals surface area contributed by atoms with E-state index in [4.69, 9.17) is 4.74 Å². The number of rotatable bonds is 3. The smallest absolute Gasteiger partial charge is 0.338 e. The van der Waals surface area contributed by atoms with Gasteiger partial charge in [-0.2, -0.15) is 0 Å². The van der Waals surface area contributed by atoms with E-state index in [1.54, 1.807) is 23.6 Å². The molecule has 0 N–H and O–H groups in total. The van der Waals surface area contributed by atoms with Crippen LogP contribution in [0.2, 0.25) is 0 Å². The first kappa shape index (κ1) is 17.8. The summed E-state index contributed by atoms with van der Waals surface area (Å²) in [7, 11) is 0. The minimum absolute atomic E-state index is 0.0141. The summed E-state index contributed by atoms with van der Waals surface area (Å²) in [6, 6.07) is 13.5. The molecule has 2 aliphatic rings. The first-order chi connectivity index (χ1) is 13.1. The van der Waals surface area contributed by atoms with Crippen molar-refractivity contribution in [2.45, 2.75) is 26.3 Å². The second-order valence-corrected chi connectivity index (χ2v) is 7.51. The molecule has 1 atom stereocenters. The van der Waals surface area contributed by atoms with Crippen LogP contribution < -0.4 is 0 Å². The minimum atomic E-state index is -0.525. The van der Waals surface area contributed by atoms with E-state index in [1.165, 1.54) is 0 Å². The fraction of sp³-hybridized carbons (Fsp3) is 0.286. The van der Waals surface area contributed by atoms with E-state index in [0.717, 1.165) is 16.3 Å². The van der Waals surface area contributed by atoms with Crippen molar-refractivity contribution in [2.75, 3.05) is 12.4 Å². The molecule has 1 amide bonds. The van der Waals surface area contributed by atoms with Gasteiger partial charge in [-0.05, 0) is 30.2 Å². The number of hydrogen-bond acceptors (Lipinski definition) is 5. The molecule has 1 saturated heterocycles. The summed E-state index contributed by atoms with van der Waals surface area (Å²) < 4.78 is 5.32. The van der Waals surface area contributed by atoms with Crippen molar-refractivity contribution < 1.29 is 14.3 Å². The van der Waals surface area contributed by atoms with Gasteiger partial charge in [-0.3, -0.25) is 9.69 Å². The molecular weight excluding hydrogens is 360 g/mol. The van der Waals surface area contributed by atoms with Crippen molar-refractivity contribution in [1.29, 1.82) is 0 Å². The average molecular weight is 380 g/mol. The van der Waals surface area contributed by atoms with Crippen molar-refractivity contribution in [1.82, 2.24) is 4.90 Å². The highest BCUT2D eigenvalue weighted by Gasteiger charge is 2.42. The predicted molar refractivity (Wildman–Crippen MR) is 107 cm³/mol. The van der Waals surface area contributed by atoms with Crippen LogP contribution in [0.3, 0.4) is 0 Å². The number of benzene rings is 2. The lowest BCUT2D eigenvalue weighted by molar-refractivity contribution is -0.139. The zero-order valence-electron chi connectivity index (χ0n) is 15.3. The van der Waals surface area contributed by atoms with Crippen molar-refractivity contribution in [3.63, 3.8) is 0 Å². The Morgan fingerprint density at radius 2 is 2.04 bits per heavy atom. The Balaban J connectivity index is 1.96. The second-order valence-electron chi connectivity index (χ2n) is 6.45. The third-order valence-corrected chi connectivity index (χ3v) is 5.77.